The van der Waals surface area contributed by atoms with Crippen LogP contribution in [0, 0.1) is 11.8 Å². The van der Waals surface area contributed by atoms with Crippen LogP contribution in [0.25, 0.3) is 0 Å². The van der Waals surface area contributed by atoms with E-state index in [4.69, 9.17) is 9.16 Å². The molecule has 1 aliphatic carbocycles. The lowest BCUT2D eigenvalue weighted by Crippen LogP contribution is -2.49. The van der Waals surface area contributed by atoms with Gasteiger partial charge >= 0.3 is 5.97 Å². The zero-order chi connectivity index (χ0) is 16.0. The first-order chi connectivity index (χ1) is 9.54. The maximum atomic E-state index is 12.0. The largest absolute Gasteiger partial charge is 0.459 e. The maximum absolute atomic E-state index is 12.0. The van der Waals surface area contributed by atoms with Crippen molar-refractivity contribution in [3.05, 3.63) is 0 Å². The van der Waals surface area contributed by atoms with E-state index in [1.165, 1.54) is 6.92 Å². The summed E-state index contributed by atoms with van der Waals surface area (Å²) in [5, 5.41) is 0.128. The fraction of sp³-hybridized carbons (Fsp3) is 0.875. The van der Waals surface area contributed by atoms with Crippen LogP contribution >= 0.6 is 0 Å². The molecular formula is C16H28O4Si. The second kappa shape index (κ2) is 5.50. The van der Waals surface area contributed by atoms with Gasteiger partial charge in [-0.3, -0.25) is 9.59 Å². The number of esters is 1. The third kappa shape index (κ3) is 3.09. The molecule has 1 aliphatic heterocycles. The lowest BCUT2D eigenvalue weighted by molar-refractivity contribution is -0.149. The molecule has 0 aromatic rings. The highest BCUT2D eigenvalue weighted by molar-refractivity contribution is 6.74. The average Bonchev–Trinajstić information content (AvgIpc) is 2.64. The van der Waals surface area contributed by atoms with E-state index in [0.29, 0.717) is 0 Å². The van der Waals surface area contributed by atoms with Crippen LogP contribution in [-0.2, 0) is 18.8 Å². The highest BCUT2D eigenvalue weighted by Crippen LogP contribution is 2.44. The van der Waals surface area contributed by atoms with Crippen molar-refractivity contribution in [2.24, 2.45) is 11.8 Å². The molecular weight excluding hydrogens is 284 g/mol. The Labute approximate surface area is 128 Å². The molecule has 0 spiro atoms. The molecule has 4 atom stereocenters. The van der Waals surface area contributed by atoms with Crippen LogP contribution in [0.5, 0.6) is 0 Å². The number of hydrogen-bond donors (Lipinski definition) is 0. The first kappa shape index (κ1) is 16.7. The third-order valence-electron chi connectivity index (χ3n) is 5.44. The second-order valence-electron chi connectivity index (χ2n) is 8.00. The van der Waals surface area contributed by atoms with Gasteiger partial charge in [0.2, 0.25) is 0 Å². The van der Waals surface area contributed by atoms with E-state index in [-0.39, 0.29) is 34.9 Å². The summed E-state index contributed by atoms with van der Waals surface area (Å²) < 4.78 is 12.0. The number of ketones is 1. The van der Waals surface area contributed by atoms with E-state index in [1.807, 2.05) is 0 Å². The molecule has 0 amide bonds. The Morgan fingerprint density at radius 2 is 1.90 bits per heavy atom. The molecule has 2 aliphatic rings. The topological polar surface area (TPSA) is 52.6 Å². The standard InChI is InChI=1S/C16H28O4Si/c1-10(17)13-11-8-7-9-12(14(11)19-15(13)18)20-21(5,6)16(2,3)4/h11-14H,7-9H2,1-6H3/t11-,12-,13-,14-/m0/s1. The molecule has 1 heterocycles. The fourth-order valence-corrected chi connectivity index (χ4v) is 4.57. The molecule has 0 aromatic heterocycles. The smallest absolute Gasteiger partial charge is 0.317 e. The van der Waals surface area contributed by atoms with Gasteiger partial charge in [-0.15, -0.1) is 0 Å². The van der Waals surface area contributed by atoms with Gasteiger partial charge in [-0.05, 0) is 37.9 Å². The molecule has 120 valence electrons. The van der Waals surface area contributed by atoms with Gasteiger partial charge in [-0.2, -0.15) is 0 Å². The number of carbonyl (C=O) groups excluding carboxylic acids is 2. The summed E-state index contributed by atoms with van der Waals surface area (Å²) in [6, 6.07) is 0. The monoisotopic (exact) mass is 312 g/mol. The SMILES string of the molecule is CC(=O)[C@@H]1C(=O)O[C@H]2[C@H]1CCC[C@@H]2O[Si](C)(C)C(C)(C)C. The molecule has 0 radical (unpaired) electrons. The van der Waals surface area contributed by atoms with Gasteiger partial charge in [0.05, 0.1) is 6.10 Å². The van der Waals surface area contributed by atoms with Crippen LogP contribution in [0.1, 0.15) is 47.0 Å². The number of ether oxygens (including phenoxy) is 1. The number of hydrogen-bond acceptors (Lipinski definition) is 4. The molecule has 0 unspecified atom stereocenters. The molecule has 0 bridgehead atoms. The van der Waals surface area contributed by atoms with E-state index in [9.17, 15) is 9.59 Å². The molecule has 5 heteroatoms. The molecule has 1 saturated carbocycles. The van der Waals surface area contributed by atoms with E-state index in [1.54, 1.807) is 0 Å². The zero-order valence-electron chi connectivity index (χ0n) is 14.1. The summed E-state index contributed by atoms with van der Waals surface area (Å²) in [7, 11) is -1.90. The van der Waals surface area contributed by atoms with E-state index < -0.39 is 14.2 Å². The summed E-state index contributed by atoms with van der Waals surface area (Å²) >= 11 is 0. The minimum Gasteiger partial charge on any atom is -0.459 e. The predicted octanol–water partition coefficient (Wildman–Crippen LogP) is 3.31. The molecule has 2 fully saturated rings. The molecule has 0 aromatic carbocycles. The van der Waals surface area contributed by atoms with E-state index in [2.05, 4.69) is 33.9 Å². The van der Waals surface area contributed by atoms with Crippen LogP contribution in [-0.4, -0.2) is 32.3 Å². The van der Waals surface area contributed by atoms with Gasteiger partial charge < -0.3 is 9.16 Å². The van der Waals surface area contributed by atoms with Gasteiger partial charge in [0, 0.05) is 5.92 Å². The Hall–Kier alpha value is -0.683. The highest BCUT2D eigenvalue weighted by atomic mass is 28.4. The third-order valence-corrected chi connectivity index (χ3v) is 9.94. The zero-order valence-corrected chi connectivity index (χ0v) is 15.1. The quantitative estimate of drug-likeness (QED) is 0.456. The van der Waals surface area contributed by atoms with Crippen molar-refractivity contribution < 1.29 is 18.8 Å². The summed E-state index contributed by atoms with van der Waals surface area (Å²) in [4.78, 5) is 23.7. The van der Waals surface area contributed by atoms with Crippen molar-refractivity contribution in [3.8, 4) is 0 Å². The summed E-state index contributed by atoms with van der Waals surface area (Å²) in [6.45, 7) is 12.5. The first-order valence-corrected chi connectivity index (χ1v) is 10.8. The number of fused-ring (bicyclic) bond motifs is 1. The van der Waals surface area contributed by atoms with Crippen LogP contribution in [0.2, 0.25) is 18.1 Å². The minimum absolute atomic E-state index is 0.0125. The van der Waals surface area contributed by atoms with Gasteiger partial charge in [0.1, 0.15) is 17.8 Å². The Morgan fingerprint density at radius 1 is 1.29 bits per heavy atom. The van der Waals surface area contributed by atoms with Gasteiger partial charge in [-0.25, -0.2) is 0 Å². The van der Waals surface area contributed by atoms with Gasteiger partial charge in [-0.1, -0.05) is 27.2 Å². The van der Waals surface area contributed by atoms with Crippen molar-refractivity contribution in [1.82, 2.24) is 0 Å². The fourth-order valence-electron chi connectivity index (χ4n) is 3.21. The van der Waals surface area contributed by atoms with E-state index in [0.717, 1.165) is 19.3 Å². The number of Topliss-reactive ketones (excluding diaryl/α,β-unsaturated/α-hetero) is 1. The normalized spacial score (nSPS) is 33.5. The molecule has 21 heavy (non-hydrogen) atoms. The lowest BCUT2D eigenvalue weighted by Gasteiger charge is -2.43. The van der Waals surface area contributed by atoms with E-state index >= 15 is 0 Å². The predicted molar refractivity (Wildman–Crippen MR) is 83.5 cm³/mol. The van der Waals surface area contributed by atoms with Crippen LogP contribution in [0.15, 0.2) is 0 Å². The number of rotatable bonds is 3. The number of carbonyl (C=O) groups is 2. The average molecular weight is 312 g/mol. The van der Waals surface area contributed by atoms with Crippen LogP contribution in [0.3, 0.4) is 0 Å². The van der Waals surface area contributed by atoms with Crippen molar-refractivity contribution in [3.63, 3.8) is 0 Å². The Balaban J connectivity index is 2.17. The van der Waals surface area contributed by atoms with Crippen molar-refractivity contribution in [1.29, 1.82) is 0 Å². The Morgan fingerprint density at radius 3 is 2.43 bits per heavy atom. The Kier molecular flexibility index (Phi) is 4.37. The highest BCUT2D eigenvalue weighted by Gasteiger charge is 2.53. The molecule has 2 rings (SSSR count). The summed E-state index contributed by atoms with van der Waals surface area (Å²) in [5.41, 5.74) is 0. The van der Waals surface area contributed by atoms with Crippen LogP contribution < -0.4 is 0 Å². The second-order valence-corrected chi connectivity index (χ2v) is 12.8. The van der Waals surface area contributed by atoms with Crippen molar-refractivity contribution >= 4 is 20.1 Å². The van der Waals surface area contributed by atoms with Gasteiger partial charge in [0.15, 0.2) is 8.32 Å². The summed E-state index contributed by atoms with van der Waals surface area (Å²) in [5.74, 6) is -0.969. The van der Waals surface area contributed by atoms with Crippen LogP contribution in [0.4, 0.5) is 0 Å². The molecule has 4 nitrogen and oxygen atoms in total. The minimum atomic E-state index is -1.90. The van der Waals surface area contributed by atoms with Gasteiger partial charge in [0.25, 0.3) is 0 Å². The van der Waals surface area contributed by atoms with Crippen molar-refractivity contribution in [2.75, 3.05) is 0 Å². The molecule has 1 saturated heterocycles. The Bertz CT molecular complexity index is 438. The summed E-state index contributed by atoms with van der Waals surface area (Å²) in [6.07, 6.45) is 2.54. The molecule has 0 N–H and O–H groups in total. The first-order valence-electron chi connectivity index (χ1n) is 7.93. The lowest BCUT2D eigenvalue weighted by atomic mass is 9.77. The van der Waals surface area contributed by atoms with Crippen molar-refractivity contribution in [2.45, 2.75) is 77.3 Å². The maximum Gasteiger partial charge on any atom is 0.317 e.